The minimum atomic E-state index is -4.67. The number of hydrogen-bond donors (Lipinski definition) is 0. The SMILES string of the molecule is FC(F)(F)Oc1cc[c]c(OC2CC2)c1. The van der Waals surface area contributed by atoms with Gasteiger partial charge in [0.15, 0.2) is 0 Å². The van der Waals surface area contributed by atoms with Gasteiger partial charge in [-0.25, -0.2) is 0 Å². The summed E-state index contributed by atoms with van der Waals surface area (Å²) < 4.78 is 44.6. The molecule has 0 amide bonds. The fourth-order valence-electron chi connectivity index (χ4n) is 1.06. The van der Waals surface area contributed by atoms with E-state index in [4.69, 9.17) is 4.74 Å². The summed E-state index contributed by atoms with van der Waals surface area (Å²) in [6, 6.07) is 6.42. The maximum Gasteiger partial charge on any atom is 0.573 e. The summed E-state index contributed by atoms with van der Waals surface area (Å²) in [4.78, 5) is 0. The normalized spacial score (nSPS) is 16.2. The van der Waals surface area contributed by atoms with Crippen LogP contribution in [-0.2, 0) is 0 Å². The molecule has 0 bridgehead atoms. The predicted octanol–water partition coefficient (Wildman–Crippen LogP) is 2.93. The maximum atomic E-state index is 11.9. The van der Waals surface area contributed by atoms with Gasteiger partial charge in [-0.2, -0.15) is 0 Å². The lowest BCUT2D eigenvalue weighted by atomic mass is 10.3. The molecule has 81 valence electrons. The van der Waals surface area contributed by atoms with E-state index in [0.717, 1.165) is 12.8 Å². The van der Waals surface area contributed by atoms with Gasteiger partial charge in [-0.1, -0.05) is 0 Å². The summed E-state index contributed by atoms with van der Waals surface area (Å²) in [5.41, 5.74) is 0. The van der Waals surface area contributed by atoms with Crippen LogP contribution in [0, 0.1) is 6.07 Å². The molecular formula is C10H8F3O2. The van der Waals surface area contributed by atoms with Crippen molar-refractivity contribution in [3.05, 3.63) is 24.3 Å². The van der Waals surface area contributed by atoms with Gasteiger partial charge in [-0.3, -0.25) is 0 Å². The van der Waals surface area contributed by atoms with Gasteiger partial charge in [0.1, 0.15) is 11.5 Å². The lowest BCUT2D eigenvalue weighted by Crippen LogP contribution is -2.17. The molecule has 0 spiro atoms. The van der Waals surface area contributed by atoms with Crippen LogP contribution in [0.15, 0.2) is 18.2 Å². The van der Waals surface area contributed by atoms with Crippen molar-refractivity contribution >= 4 is 0 Å². The molecule has 0 aromatic heterocycles. The van der Waals surface area contributed by atoms with Gasteiger partial charge in [-0.05, 0) is 25.0 Å². The van der Waals surface area contributed by atoms with E-state index >= 15 is 0 Å². The van der Waals surface area contributed by atoms with Crippen LogP contribution in [0.1, 0.15) is 12.8 Å². The van der Waals surface area contributed by atoms with Crippen LogP contribution >= 0.6 is 0 Å². The first-order valence-corrected chi connectivity index (χ1v) is 4.47. The van der Waals surface area contributed by atoms with Crippen LogP contribution < -0.4 is 9.47 Å². The molecule has 0 heterocycles. The Morgan fingerprint density at radius 3 is 2.67 bits per heavy atom. The minimum Gasteiger partial charge on any atom is -0.490 e. The molecule has 5 heteroatoms. The van der Waals surface area contributed by atoms with E-state index in [0.29, 0.717) is 5.75 Å². The molecule has 0 saturated heterocycles. The van der Waals surface area contributed by atoms with Gasteiger partial charge >= 0.3 is 6.36 Å². The fraction of sp³-hybridized carbons (Fsp3) is 0.400. The summed E-state index contributed by atoms with van der Waals surface area (Å²) in [6.45, 7) is 0. The molecule has 0 atom stereocenters. The summed E-state index contributed by atoms with van der Waals surface area (Å²) in [5, 5.41) is 0. The van der Waals surface area contributed by atoms with E-state index in [2.05, 4.69) is 10.8 Å². The van der Waals surface area contributed by atoms with Crippen molar-refractivity contribution in [2.75, 3.05) is 0 Å². The van der Waals surface area contributed by atoms with E-state index in [-0.39, 0.29) is 11.9 Å². The first-order chi connectivity index (χ1) is 7.03. The van der Waals surface area contributed by atoms with Crippen LogP contribution in [0.2, 0.25) is 0 Å². The van der Waals surface area contributed by atoms with E-state index in [1.165, 1.54) is 18.2 Å². The fourth-order valence-corrected chi connectivity index (χ4v) is 1.06. The zero-order chi connectivity index (χ0) is 10.9. The molecule has 1 radical (unpaired) electrons. The lowest BCUT2D eigenvalue weighted by molar-refractivity contribution is -0.274. The van der Waals surface area contributed by atoms with Gasteiger partial charge in [0.05, 0.1) is 6.10 Å². The number of halogens is 3. The third-order valence-corrected chi connectivity index (χ3v) is 1.80. The predicted molar refractivity (Wildman–Crippen MR) is 45.6 cm³/mol. The highest BCUT2D eigenvalue weighted by Gasteiger charge is 2.31. The molecule has 1 aromatic carbocycles. The zero-order valence-electron chi connectivity index (χ0n) is 7.67. The van der Waals surface area contributed by atoms with Crippen LogP contribution in [0.4, 0.5) is 13.2 Å². The first-order valence-electron chi connectivity index (χ1n) is 4.47. The average molecular weight is 217 g/mol. The second kappa shape index (κ2) is 3.64. The highest BCUT2D eigenvalue weighted by Crippen LogP contribution is 2.30. The molecule has 0 unspecified atom stereocenters. The van der Waals surface area contributed by atoms with Crippen molar-refractivity contribution in [2.45, 2.75) is 25.3 Å². The Bertz CT molecular complexity index is 345. The second-order valence-electron chi connectivity index (χ2n) is 3.25. The number of hydrogen-bond acceptors (Lipinski definition) is 2. The van der Waals surface area contributed by atoms with Crippen molar-refractivity contribution in [2.24, 2.45) is 0 Å². The average Bonchev–Trinajstić information content (AvgIpc) is 2.85. The Labute approximate surface area is 84.6 Å². The number of benzene rings is 1. The van der Waals surface area contributed by atoms with Crippen molar-refractivity contribution < 1.29 is 22.6 Å². The molecule has 1 saturated carbocycles. The van der Waals surface area contributed by atoms with Gasteiger partial charge in [0.25, 0.3) is 0 Å². The molecule has 1 fully saturated rings. The van der Waals surface area contributed by atoms with Gasteiger partial charge in [0, 0.05) is 12.1 Å². The number of alkyl halides is 3. The maximum absolute atomic E-state index is 11.9. The van der Waals surface area contributed by atoms with Gasteiger partial charge < -0.3 is 9.47 Å². The summed E-state index contributed by atoms with van der Waals surface area (Å²) in [5.74, 6) is 0.0103. The zero-order valence-corrected chi connectivity index (χ0v) is 7.67. The van der Waals surface area contributed by atoms with Crippen LogP contribution in [-0.4, -0.2) is 12.5 Å². The summed E-state index contributed by atoms with van der Waals surface area (Å²) in [7, 11) is 0. The Morgan fingerprint density at radius 1 is 1.33 bits per heavy atom. The standard InChI is InChI=1S/C10H8F3O2/c11-10(12,13)15-9-3-1-2-8(6-9)14-7-4-5-7/h1,3,6-7H,4-5H2. The van der Waals surface area contributed by atoms with Crippen molar-refractivity contribution in [1.29, 1.82) is 0 Å². The number of rotatable bonds is 3. The van der Waals surface area contributed by atoms with E-state index in [9.17, 15) is 13.2 Å². The van der Waals surface area contributed by atoms with Crippen molar-refractivity contribution in [3.8, 4) is 11.5 Å². The Kier molecular flexibility index (Phi) is 2.46. The van der Waals surface area contributed by atoms with Gasteiger partial charge in [-0.15, -0.1) is 13.2 Å². The van der Waals surface area contributed by atoms with Gasteiger partial charge in [0.2, 0.25) is 0 Å². The molecule has 2 rings (SSSR count). The van der Waals surface area contributed by atoms with Crippen LogP contribution in [0.5, 0.6) is 11.5 Å². The molecular weight excluding hydrogens is 209 g/mol. The molecule has 1 aliphatic carbocycles. The molecule has 0 aliphatic heterocycles. The second-order valence-corrected chi connectivity index (χ2v) is 3.25. The Morgan fingerprint density at radius 2 is 2.07 bits per heavy atom. The quantitative estimate of drug-likeness (QED) is 0.774. The summed E-state index contributed by atoms with van der Waals surface area (Å²) >= 11 is 0. The first kappa shape index (κ1) is 10.1. The smallest absolute Gasteiger partial charge is 0.490 e. The molecule has 1 aliphatic rings. The molecule has 0 N–H and O–H groups in total. The highest BCUT2D eigenvalue weighted by molar-refractivity contribution is 5.32. The van der Waals surface area contributed by atoms with Crippen LogP contribution in [0.25, 0.3) is 0 Å². The highest BCUT2D eigenvalue weighted by atomic mass is 19.4. The van der Waals surface area contributed by atoms with E-state index in [1.807, 2.05) is 0 Å². The Hall–Kier alpha value is -1.39. The summed E-state index contributed by atoms with van der Waals surface area (Å²) in [6.07, 6.45) is -2.66. The molecule has 1 aromatic rings. The lowest BCUT2D eigenvalue weighted by Gasteiger charge is -2.10. The third-order valence-electron chi connectivity index (χ3n) is 1.80. The third kappa shape index (κ3) is 3.34. The number of ether oxygens (including phenoxy) is 2. The van der Waals surface area contributed by atoms with Crippen LogP contribution in [0.3, 0.4) is 0 Å². The molecule has 15 heavy (non-hydrogen) atoms. The monoisotopic (exact) mass is 217 g/mol. The topological polar surface area (TPSA) is 18.5 Å². The Balaban J connectivity index is 2.04. The largest absolute Gasteiger partial charge is 0.573 e. The van der Waals surface area contributed by atoms with Crippen molar-refractivity contribution in [3.63, 3.8) is 0 Å². The van der Waals surface area contributed by atoms with E-state index < -0.39 is 6.36 Å². The molecule has 2 nitrogen and oxygen atoms in total. The minimum absolute atomic E-state index is 0.127. The van der Waals surface area contributed by atoms with Crippen molar-refractivity contribution in [1.82, 2.24) is 0 Å². The van der Waals surface area contributed by atoms with E-state index in [1.54, 1.807) is 0 Å².